The molecule has 0 fully saturated rings. The monoisotopic (exact) mass is 830 g/mol. The van der Waals surface area contributed by atoms with Crippen molar-refractivity contribution in [3.8, 4) is 74.1 Å². The van der Waals surface area contributed by atoms with Gasteiger partial charge in [-0.25, -0.2) is 0 Å². The van der Waals surface area contributed by atoms with E-state index >= 15 is 0 Å². The molecule has 0 saturated carbocycles. The molecule has 0 aliphatic carbocycles. The highest BCUT2D eigenvalue weighted by molar-refractivity contribution is 6.28. The van der Waals surface area contributed by atoms with Crippen molar-refractivity contribution in [2.75, 3.05) is 116 Å². The fourth-order valence-electron chi connectivity index (χ4n) is 2.78. The van der Waals surface area contributed by atoms with Gasteiger partial charge in [-0.3, -0.25) is 0 Å². The lowest BCUT2D eigenvalue weighted by atomic mass is 10.6. The van der Waals surface area contributed by atoms with Crippen molar-refractivity contribution in [1.29, 1.82) is 0 Å². The van der Waals surface area contributed by atoms with Crippen LogP contribution in [0.1, 0.15) is 13.8 Å². The highest BCUT2D eigenvalue weighted by Crippen LogP contribution is 2.10. The molecule has 56 heavy (non-hydrogen) atoms. The summed E-state index contributed by atoms with van der Waals surface area (Å²) in [6.07, 6.45) is 30.6. The predicted molar refractivity (Wildman–Crippen MR) is 234 cm³/mol. The minimum atomic E-state index is 0. The van der Waals surface area contributed by atoms with E-state index in [1.807, 2.05) is 13.8 Å². The van der Waals surface area contributed by atoms with Crippen molar-refractivity contribution >= 4 is 84.0 Å². The van der Waals surface area contributed by atoms with Gasteiger partial charge in [-0.2, -0.15) is 44.9 Å². The first kappa shape index (κ1) is 56.3. The molecular formula is C34H49Cl3N18O. The third kappa shape index (κ3) is 29.1. The van der Waals surface area contributed by atoms with Crippen LogP contribution >= 0.6 is 36.4 Å². The fraction of sp³-hybridized carbons (Fsp3) is 0.382. The van der Waals surface area contributed by atoms with Crippen molar-refractivity contribution < 1.29 is 4.74 Å². The molecule has 22 heteroatoms. The van der Waals surface area contributed by atoms with Crippen molar-refractivity contribution in [2.24, 2.45) is 5.73 Å². The Kier molecular flexibility index (Phi) is 40.0. The van der Waals surface area contributed by atoms with Gasteiger partial charge in [0.1, 0.15) is 0 Å². The van der Waals surface area contributed by atoms with Crippen LogP contribution in [-0.2, 0) is 4.74 Å². The van der Waals surface area contributed by atoms with Gasteiger partial charge in [0.05, 0.1) is 39.3 Å². The molecule has 0 unspecified atom stereocenters. The number of hydrogen-bond donors (Lipinski definition) is 9. The van der Waals surface area contributed by atoms with Crippen LogP contribution in [0.3, 0.4) is 0 Å². The molecule has 10 N–H and O–H groups in total. The minimum Gasteiger partial charge on any atom is -0.382 e. The maximum absolute atomic E-state index is 5.66. The fourth-order valence-corrected chi connectivity index (χ4v) is 2.94. The number of rotatable bonds is 16. The summed E-state index contributed by atoms with van der Waals surface area (Å²) in [6, 6.07) is 0. The predicted octanol–water partition coefficient (Wildman–Crippen LogP) is 2.08. The molecule has 0 spiro atoms. The third-order valence-electron chi connectivity index (χ3n) is 4.83. The van der Waals surface area contributed by atoms with Gasteiger partial charge in [0.25, 0.3) is 0 Å². The van der Waals surface area contributed by atoms with E-state index in [2.05, 4.69) is 129 Å². The molecule has 19 nitrogen and oxygen atoms in total. The van der Waals surface area contributed by atoms with Crippen LogP contribution in [0.25, 0.3) is 0 Å². The molecule has 0 aliphatic rings. The van der Waals surface area contributed by atoms with E-state index in [1.165, 1.54) is 7.05 Å². The van der Waals surface area contributed by atoms with E-state index < -0.39 is 0 Å². The van der Waals surface area contributed by atoms with E-state index in [-0.39, 0.29) is 30.1 Å². The minimum absolute atomic E-state index is 0. The van der Waals surface area contributed by atoms with Gasteiger partial charge >= 0.3 is 0 Å². The summed E-state index contributed by atoms with van der Waals surface area (Å²) in [5.74, 6) is 17.6. The molecule has 3 heterocycles. The van der Waals surface area contributed by atoms with Crippen LogP contribution in [-0.4, -0.2) is 118 Å². The summed E-state index contributed by atoms with van der Waals surface area (Å²) in [5.41, 5.74) is 4.50. The number of terminal acetylenes is 6. The molecule has 302 valence electrons. The smallest absolute Gasteiger partial charge is 0.230 e. The Balaban J connectivity index is -0.000000328. The van der Waals surface area contributed by atoms with E-state index in [0.717, 1.165) is 13.2 Å². The Hall–Kier alpha value is -6.42. The second kappa shape index (κ2) is 39.8. The van der Waals surface area contributed by atoms with Gasteiger partial charge in [-0.1, -0.05) is 35.5 Å². The van der Waals surface area contributed by atoms with Crippen LogP contribution in [0.5, 0.6) is 0 Å². The summed E-state index contributed by atoms with van der Waals surface area (Å²) in [6.45, 7) is 7.69. The molecule has 0 amide bonds. The van der Waals surface area contributed by atoms with Crippen molar-refractivity contribution in [2.45, 2.75) is 13.8 Å². The zero-order valence-corrected chi connectivity index (χ0v) is 34.2. The Morgan fingerprint density at radius 3 is 0.804 bits per heavy atom. The maximum Gasteiger partial charge on any atom is 0.230 e. The number of nitrogens with two attached hydrogens (primary N) is 1. The molecule has 3 rings (SSSR count). The second-order valence-corrected chi connectivity index (χ2v) is 8.83. The largest absolute Gasteiger partial charge is 0.382 e. The summed E-state index contributed by atoms with van der Waals surface area (Å²) in [7, 11) is 4.93. The first-order valence-electron chi connectivity index (χ1n) is 15.8. The van der Waals surface area contributed by atoms with Gasteiger partial charge in [0.15, 0.2) is 0 Å². The number of anilines is 8. The van der Waals surface area contributed by atoms with Crippen molar-refractivity contribution in [3.05, 3.63) is 5.28 Å². The molecule has 3 aromatic rings. The van der Waals surface area contributed by atoms with E-state index in [1.54, 1.807) is 14.1 Å². The Morgan fingerprint density at radius 2 is 0.643 bits per heavy atom. The van der Waals surface area contributed by atoms with E-state index in [9.17, 15) is 0 Å². The SMILES string of the molecule is C#CCNc1nc(Cl)nc(NCC#C)n1.C#CCNc1nc(NC)nc(NCC#C)n1.C#CCNc1nc(NC)nc(NCC#C)n1.CCOCC.CN.Cl.Cl. The first-order chi connectivity index (χ1) is 26.3. The normalized spacial score (nSPS) is 8.16. The van der Waals surface area contributed by atoms with Gasteiger partial charge in [-0.15, -0.1) is 63.4 Å². The van der Waals surface area contributed by atoms with Crippen LogP contribution in [0.2, 0.25) is 5.28 Å². The topological polar surface area (TPSA) is 248 Å². The van der Waals surface area contributed by atoms with Crippen LogP contribution < -0.4 is 48.3 Å². The highest BCUT2D eigenvalue weighted by atomic mass is 35.5. The highest BCUT2D eigenvalue weighted by Gasteiger charge is 2.05. The van der Waals surface area contributed by atoms with Gasteiger partial charge < -0.3 is 53.0 Å². The first-order valence-corrected chi connectivity index (χ1v) is 16.1. The zero-order chi connectivity index (χ0) is 40.8. The van der Waals surface area contributed by atoms with Crippen LogP contribution in [0, 0.1) is 74.1 Å². The number of ether oxygens (including phenoxy) is 1. The van der Waals surface area contributed by atoms with Crippen LogP contribution in [0.15, 0.2) is 0 Å². The van der Waals surface area contributed by atoms with Crippen LogP contribution in [0.4, 0.5) is 47.6 Å². The molecule has 0 radical (unpaired) electrons. The molecular weight excluding hydrogens is 783 g/mol. The molecule has 0 aromatic carbocycles. The average molecular weight is 832 g/mol. The van der Waals surface area contributed by atoms with Gasteiger partial charge in [0, 0.05) is 27.3 Å². The molecule has 3 aromatic heterocycles. The Labute approximate surface area is 347 Å². The summed E-state index contributed by atoms with van der Waals surface area (Å²) in [5, 5.41) is 22.7. The molecule has 0 aliphatic heterocycles. The van der Waals surface area contributed by atoms with Crippen molar-refractivity contribution in [1.82, 2.24) is 44.9 Å². The number of halogens is 3. The third-order valence-corrected chi connectivity index (χ3v) is 4.99. The lowest BCUT2D eigenvalue weighted by Crippen LogP contribution is -2.11. The lowest BCUT2D eigenvalue weighted by Gasteiger charge is -2.06. The maximum atomic E-state index is 5.66. The summed E-state index contributed by atoms with van der Waals surface area (Å²) >= 11 is 5.66. The Morgan fingerprint density at radius 1 is 0.446 bits per heavy atom. The van der Waals surface area contributed by atoms with Gasteiger partial charge in [-0.05, 0) is 32.5 Å². The molecule has 0 saturated heterocycles. The Bertz CT molecular complexity index is 1550. The lowest BCUT2D eigenvalue weighted by molar-refractivity contribution is 0.162. The summed E-state index contributed by atoms with van der Waals surface area (Å²) < 4.78 is 4.83. The molecule has 0 atom stereocenters. The number of nitrogens with one attached hydrogen (secondary N) is 8. The quantitative estimate of drug-likeness (QED) is 0.0938. The summed E-state index contributed by atoms with van der Waals surface area (Å²) in [4.78, 5) is 36.1. The number of nitrogens with zero attached hydrogens (tertiary/aromatic N) is 9. The number of aromatic nitrogens is 9. The van der Waals surface area contributed by atoms with E-state index in [4.69, 9.17) is 54.9 Å². The average Bonchev–Trinajstić information content (AvgIpc) is 3.20. The van der Waals surface area contributed by atoms with Gasteiger partial charge in [0.2, 0.25) is 52.9 Å². The standard InChI is InChI=1S/2C10H12N6.C9H8ClN5.C4H10O.CH5N.2ClH/c2*1-4-6-12-9-14-8(11-3)15-10(16-9)13-7-5-2;1-3-5-11-8-13-7(10)14-9(15-8)12-6-4-2;1-3-5-4-2;1-2;;/h2*1-2H,6-7H2,3H3,(H3,11,12,13,14,15,16);1-2H,5-6H2,(H2,11,12,13,14,15);3-4H2,1-2H3;2H2,1H3;2*1H. The second-order valence-electron chi connectivity index (χ2n) is 8.49. The van der Waals surface area contributed by atoms with E-state index in [0.29, 0.717) is 86.9 Å². The number of hydrogen-bond acceptors (Lipinski definition) is 19. The van der Waals surface area contributed by atoms with Crippen molar-refractivity contribution in [3.63, 3.8) is 0 Å². The molecule has 0 bridgehead atoms. The zero-order valence-electron chi connectivity index (χ0n) is 31.8.